The third-order valence-electron chi connectivity index (χ3n) is 3.13. The highest BCUT2D eigenvalue weighted by molar-refractivity contribution is 7.99. The molecule has 4 nitrogen and oxygen atoms in total. The van der Waals surface area contributed by atoms with Gasteiger partial charge in [-0.25, -0.2) is 9.97 Å². The molecule has 0 saturated carbocycles. The molecule has 0 aromatic carbocycles. The first-order valence-corrected chi connectivity index (χ1v) is 7.39. The molecule has 0 N–H and O–H groups in total. The zero-order chi connectivity index (χ0) is 14.7. The summed E-state index contributed by atoms with van der Waals surface area (Å²) in [5.74, 6) is 0.711. The number of hydrogen-bond donors (Lipinski definition) is 0. The van der Waals surface area contributed by atoms with Gasteiger partial charge >= 0.3 is 0 Å². The van der Waals surface area contributed by atoms with Crippen LogP contribution in [0.3, 0.4) is 0 Å². The lowest BCUT2D eigenvalue weighted by molar-refractivity contribution is 0.970. The van der Waals surface area contributed by atoms with Crippen molar-refractivity contribution in [2.24, 2.45) is 0 Å². The molecule has 3 aromatic rings. The second kappa shape index (κ2) is 6.01. The summed E-state index contributed by atoms with van der Waals surface area (Å²) < 4.78 is 0. The maximum atomic E-state index is 4.69. The molecular formula is C16H14N4S. The topological polar surface area (TPSA) is 51.6 Å². The summed E-state index contributed by atoms with van der Waals surface area (Å²) in [5, 5.41) is 0.965. The molecular weight excluding hydrogens is 280 g/mol. The van der Waals surface area contributed by atoms with Crippen LogP contribution in [0.1, 0.15) is 11.3 Å². The Morgan fingerprint density at radius 2 is 1.71 bits per heavy atom. The van der Waals surface area contributed by atoms with Gasteiger partial charge in [0.05, 0.1) is 0 Å². The Morgan fingerprint density at radius 3 is 2.43 bits per heavy atom. The Morgan fingerprint density at radius 1 is 0.905 bits per heavy atom. The molecule has 0 aliphatic rings. The number of hydrogen-bond acceptors (Lipinski definition) is 5. The van der Waals surface area contributed by atoms with Crippen LogP contribution in [-0.2, 0) is 0 Å². The van der Waals surface area contributed by atoms with Crippen LogP contribution < -0.4 is 0 Å². The maximum Gasteiger partial charge on any atom is 0.162 e. The molecule has 0 fully saturated rings. The van der Waals surface area contributed by atoms with Gasteiger partial charge < -0.3 is 0 Å². The van der Waals surface area contributed by atoms with E-state index in [1.165, 1.54) is 0 Å². The van der Waals surface area contributed by atoms with Crippen molar-refractivity contribution in [2.75, 3.05) is 0 Å². The molecule has 0 radical (unpaired) electrons. The Bertz CT molecular complexity index is 745. The van der Waals surface area contributed by atoms with Gasteiger partial charge in [0.25, 0.3) is 0 Å². The van der Waals surface area contributed by atoms with Gasteiger partial charge in [-0.05, 0) is 38.1 Å². The van der Waals surface area contributed by atoms with Gasteiger partial charge in [-0.2, -0.15) is 0 Å². The number of nitrogens with zero attached hydrogens (tertiary/aromatic N) is 4. The Kier molecular flexibility index (Phi) is 3.92. The highest BCUT2D eigenvalue weighted by Crippen LogP contribution is 2.30. The lowest BCUT2D eigenvalue weighted by atomic mass is 10.2. The molecule has 3 aromatic heterocycles. The monoisotopic (exact) mass is 294 g/mol. The van der Waals surface area contributed by atoms with E-state index in [2.05, 4.69) is 15.0 Å². The van der Waals surface area contributed by atoms with Crippen molar-refractivity contribution in [3.8, 4) is 11.4 Å². The summed E-state index contributed by atoms with van der Waals surface area (Å²) in [4.78, 5) is 18.5. The van der Waals surface area contributed by atoms with Crippen molar-refractivity contribution in [3.05, 3.63) is 60.3 Å². The fraction of sp³-hybridized carbons (Fsp3) is 0.125. The average Bonchev–Trinajstić information content (AvgIpc) is 2.53. The maximum absolute atomic E-state index is 4.69. The first-order chi connectivity index (χ1) is 10.2. The van der Waals surface area contributed by atoms with E-state index in [1.54, 1.807) is 36.5 Å². The fourth-order valence-corrected chi connectivity index (χ4v) is 2.76. The molecule has 5 heteroatoms. The summed E-state index contributed by atoms with van der Waals surface area (Å²) in [6.45, 7) is 4.05. The predicted octanol–water partition coefficient (Wildman–Crippen LogP) is 3.70. The first-order valence-electron chi connectivity index (χ1n) is 6.57. The Hall–Kier alpha value is -2.27. The molecule has 3 heterocycles. The van der Waals surface area contributed by atoms with Crippen LogP contribution in [-0.4, -0.2) is 19.9 Å². The van der Waals surface area contributed by atoms with Crippen molar-refractivity contribution in [1.29, 1.82) is 0 Å². The summed E-state index contributed by atoms with van der Waals surface area (Å²) in [6.07, 6.45) is 7.10. The van der Waals surface area contributed by atoms with E-state index in [0.29, 0.717) is 5.82 Å². The second-order valence-corrected chi connectivity index (χ2v) is 5.65. The van der Waals surface area contributed by atoms with Gasteiger partial charge in [0.1, 0.15) is 5.03 Å². The van der Waals surface area contributed by atoms with Gasteiger partial charge in [0, 0.05) is 46.5 Å². The standard InChI is InChI=1S/C16H14N4S/c1-11-12(2)19-15(13-4-3-7-18-10-13)20-16(11)21-14-5-8-17-9-6-14/h3-10H,1-2H3. The molecule has 104 valence electrons. The normalized spacial score (nSPS) is 10.6. The Balaban J connectivity index is 2.02. The quantitative estimate of drug-likeness (QED) is 0.689. The summed E-state index contributed by atoms with van der Waals surface area (Å²) in [6, 6.07) is 7.82. The number of pyridine rings is 2. The minimum absolute atomic E-state index is 0.711. The minimum atomic E-state index is 0.711. The van der Waals surface area contributed by atoms with E-state index in [1.807, 2.05) is 38.1 Å². The van der Waals surface area contributed by atoms with Crippen molar-refractivity contribution in [1.82, 2.24) is 19.9 Å². The van der Waals surface area contributed by atoms with Crippen molar-refractivity contribution in [2.45, 2.75) is 23.8 Å². The van der Waals surface area contributed by atoms with Crippen LogP contribution >= 0.6 is 11.8 Å². The van der Waals surface area contributed by atoms with E-state index in [-0.39, 0.29) is 0 Å². The largest absolute Gasteiger partial charge is 0.265 e. The van der Waals surface area contributed by atoms with Crippen LogP contribution in [0.15, 0.2) is 59.0 Å². The van der Waals surface area contributed by atoms with E-state index >= 15 is 0 Å². The third kappa shape index (κ3) is 3.08. The van der Waals surface area contributed by atoms with Crippen LogP contribution in [0.5, 0.6) is 0 Å². The number of aryl methyl sites for hydroxylation is 1. The van der Waals surface area contributed by atoms with Crippen molar-refractivity contribution >= 4 is 11.8 Å². The smallest absolute Gasteiger partial charge is 0.162 e. The molecule has 3 rings (SSSR count). The number of aromatic nitrogens is 4. The zero-order valence-corrected chi connectivity index (χ0v) is 12.6. The molecule has 0 unspecified atom stereocenters. The van der Waals surface area contributed by atoms with Gasteiger partial charge in [0.2, 0.25) is 0 Å². The molecule has 0 amide bonds. The van der Waals surface area contributed by atoms with Crippen LogP contribution in [0.25, 0.3) is 11.4 Å². The van der Waals surface area contributed by atoms with Gasteiger partial charge in [-0.15, -0.1) is 0 Å². The molecule has 21 heavy (non-hydrogen) atoms. The molecule has 0 spiro atoms. The van der Waals surface area contributed by atoms with Gasteiger partial charge in [-0.1, -0.05) is 11.8 Å². The summed E-state index contributed by atoms with van der Waals surface area (Å²) >= 11 is 1.63. The van der Waals surface area contributed by atoms with Crippen molar-refractivity contribution < 1.29 is 0 Å². The summed E-state index contributed by atoms with van der Waals surface area (Å²) in [5.41, 5.74) is 3.02. The Labute approximate surface area is 127 Å². The molecule has 0 aliphatic carbocycles. The highest BCUT2D eigenvalue weighted by Gasteiger charge is 2.11. The van der Waals surface area contributed by atoms with Crippen LogP contribution in [0.2, 0.25) is 0 Å². The first kappa shape index (κ1) is 13.7. The number of rotatable bonds is 3. The third-order valence-corrected chi connectivity index (χ3v) is 4.23. The molecule has 0 aliphatic heterocycles. The molecule has 0 atom stereocenters. The average molecular weight is 294 g/mol. The minimum Gasteiger partial charge on any atom is -0.265 e. The SMILES string of the molecule is Cc1nc(-c2cccnc2)nc(Sc2ccncc2)c1C. The van der Waals surface area contributed by atoms with E-state index in [0.717, 1.165) is 26.7 Å². The predicted molar refractivity (Wildman–Crippen MR) is 83.1 cm³/mol. The fourth-order valence-electron chi connectivity index (χ4n) is 1.84. The zero-order valence-electron chi connectivity index (χ0n) is 11.8. The van der Waals surface area contributed by atoms with Gasteiger partial charge in [0.15, 0.2) is 5.82 Å². The van der Waals surface area contributed by atoms with Crippen molar-refractivity contribution in [3.63, 3.8) is 0 Å². The van der Waals surface area contributed by atoms with Crippen LogP contribution in [0.4, 0.5) is 0 Å². The second-order valence-electron chi connectivity index (χ2n) is 4.59. The van der Waals surface area contributed by atoms with E-state index in [4.69, 9.17) is 4.98 Å². The van der Waals surface area contributed by atoms with E-state index in [9.17, 15) is 0 Å². The summed E-state index contributed by atoms with van der Waals surface area (Å²) in [7, 11) is 0. The van der Waals surface area contributed by atoms with E-state index < -0.39 is 0 Å². The van der Waals surface area contributed by atoms with Crippen LogP contribution in [0, 0.1) is 13.8 Å². The lowest BCUT2D eigenvalue weighted by Crippen LogP contribution is -1.98. The lowest BCUT2D eigenvalue weighted by Gasteiger charge is -2.09. The highest BCUT2D eigenvalue weighted by atomic mass is 32.2. The van der Waals surface area contributed by atoms with Gasteiger partial charge in [-0.3, -0.25) is 9.97 Å². The molecule has 0 saturated heterocycles. The molecule has 0 bridgehead atoms.